The van der Waals surface area contributed by atoms with Crippen LogP contribution in [0.5, 0.6) is 5.75 Å². The molecule has 3 aromatic carbocycles. The van der Waals surface area contributed by atoms with E-state index in [1.54, 1.807) is 29.0 Å². The highest BCUT2D eigenvalue weighted by Gasteiger charge is 2.05. The van der Waals surface area contributed by atoms with Gasteiger partial charge in [0.1, 0.15) is 18.7 Å². The first-order valence-electron chi connectivity index (χ1n) is 9.76. The van der Waals surface area contributed by atoms with Crippen molar-refractivity contribution in [2.24, 2.45) is 5.10 Å². The first-order valence-corrected chi connectivity index (χ1v) is 11.5. The maximum absolute atomic E-state index is 5.85. The molecule has 0 unspecified atom stereocenters. The number of rotatable bonds is 8. The Balaban J connectivity index is 1.33. The highest BCUT2D eigenvalue weighted by atomic mass is 79.9. The molecule has 1 heterocycles. The second-order valence-electron chi connectivity index (χ2n) is 6.96. The van der Waals surface area contributed by atoms with Crippen LogP contribution in [0.2, 0.25) is 0 Å². The first-order chi connectivity index (χ1) is 15.2. The number of aromatic nitrogens is 3. The molecule has 4 aromatic rings. The number of aryl methyl sites for hydroxylation is 1. The average Bonchev–Trinajstić information content (AvgIpc) is 3.25. The standard InChI is InChI=1S/C24H21BrN4OS/c1-18-2-4-21(5-3-18)16-31-24-28-26-17-29(24)27-14-19-8-12-23(13-9-19)30-15-20-6-10-22(25)11-7-20/h2-14,17H,15-16H2,1H3/b27-14+. The molecule has 0 saturated carbocycles. The van der Waals surface area contributed by atoms with E-state index in [0.717, 1.165) is 32.3 Å². The van der Waals surface area contributed by atoms with Gasteiger partial charge in [0.15, 0.2) is 0 Å². The zero-order valence-corrected chi connectivity index (χ0v) is 19.4. The lowest BCUT2D eigenvalue weighted by molar-refractivity contribution is 0.306. The molecule has 0 bridgehead atoms. The largest absolute Gasteiger partial charge is 0.489 e. The van der Waals surface area contributed by atoms with E-state index in [9.17, 15) is 0 Å². The summed E-state index contributed by atoms with van der Waals surface area (Å²) in [4.78, 5) is 0. The van der Waals surface area contributed by atoms with E-state index in [-0.39, 0.29) is 0 Å². The molecule has 156 valence electrons. The molecular formula is C24H21BrN4OS. The lowest BCUT2D eigenvalue weighted by atomic mass is 10.2. The van der Waals surface area contributed by atoms with E-state index in [0.29, 0.717) is 6.61 Å². The molecule has 0 amide bonds. The molecule has 31 heavy (non-hydrogen) atoms. The van der Waals surface area contributed by atoms with E-state index in [2.05, 4.69) is 62.4 Å². The van der Waals surface area contributed by atoms with Crippen LogP contribution in [-0.2, 0) is 12.4 Å². The zero-order valence-electron chi connectivity index (χ0n) is 17.0. The molecule has 0 N–H and O–H groups in total. The highest BCUT2D eigenvalue weighted by Crippen LogP contribution is 2.21. The summed E-state index contributed by atoms with van der Waals surface area (Å²) in [6, 6.07) is 24.4. The van der Waals surface area contributed by atoms with Crippen molar-refractivity contribution in [1.82, 2.24) is 14.9 Å². The van der Waals surface area contributed by atoms with Gasteiger partial charge in [-0.1, -0.05) is 69.7 Å². The summed E-state index contributed by atoms with van der Waals surface area (Å²) < 4.78 is 8.60. The van der Waals surface area contributed by atoms with Gasteiger partial charge < -0.3 is 4.74 Å². The molecule has 5 nitrogen and oxygen atoms in total. The topological polar surface area (TPSA) is 52.3 Å². The summed E-state index contributed by atoms with van der Waals surface area (Å²) in [5, 5.41) is 13.4. The van der Waals surface area contributed by atoms with Crippen LogP contribution in [0.15, 0.2) is 93.9 Å². The summed E-state index contributed by atoms with van der Waals surface area (Å²) in [5.41, 5.74) is 4.59. The second-order valence-corrected chi connectivity index (χ2v) is 8.82. The van der Waals surface area contributed by atoms with E-state index in [1.807, 2.05) is 48.5 Å². The summed E-state index contributed by atoms with van der Waals surface area (Å²) in [6.45, 7) is 2.62. The van der Waals surface area contributed by atoms with Crippen molar-refractivity contribution in [3.63, 3.8) is 0 Å². The van der Waals surface area contributed by atoms with E-state index < -0.39 is 0 Å². The van der Waals surface area contributed by atoms with Crippen LogP contribution in [0, 0.1) is 6.92 Å². The molecule has 4 rings (SSSR count). The Bertz CT molecular complexity index is 1140. The SMILES string of the molecule is Cc1ccc(CSc2nncn2/N=C/c2ccc(OCc3ccc(Br)cc3)cc2)cc1. The normalized spacial score (nSPS) is 11.2. The van der Waals surface area contributed by atoms with Gasteiger partial charge in [-0.2, -0.15) is 9.78 Å². The summed E-state index contributed by atoms with van der Waals surface area (Å²) >= 11 is 5.05. The van der Waals surface area contributed by atoms with Crippen LogP contribution in [-0.4, -0.2) is 21.1 Å². The van der Waals surface area contributed by atoms with Gasteiger partial charge in [-0.15, -0.1) is 10.2 Å². The average molecular weight is 493 g/mol. The number of halogens is 1. The first kappa shape index (κ1) is 21.3. The molecule has 0 fully saturated rings. The van der Waals surface area contributed by atoms with Crippen molar-refractivity contribution in [3.05, 3.63) is 106 Å². The second kappa shape index (κ2) is 10.4. The van der Waals surface area contributed by atoms with Gasteiger partial charge in [-0.05, 0) is 60.0 Å². The third-order valence-electron chi connectivity index (χ3n) is 4.52. The van der Waals surface area contributed by atoms with Crippen LogP contribution in [0.4, 0.5) is 0 Å². The summed E-state index contributed by atoms with van der Waals surface area (Å²) in [5.74, 6) is 1.64. The van der Waals surface area contributed by atoms with Crippen molar-refractivity contribution in [2.75, 3.05) is 0 Å². The maximum atomic E-state index is 5.85. The number of nitrogens with zero attached hydrogens (tertiary/aromatic N) is 4. The van der Waals surface area contributed by atoms with Gasteiger partial charge in [-0.3, -0.25) is 0 Å². The maximum Gasteiger partial charge on any atom is 0.212 e. The fourth-order valence-electron chi connectivity index (χ4n) is 2.75. The lowest BCUT2D eigenvalue weighted by Crippen LogP contribution is -1.96. The Morgan fingerprint density at radius 3 is 2.42 bits per heavy atom. The van der Waals surface area contributed by atoms with Gasteiger partial charge in [0, 0.05) is 10.2 Å². The van der Waals surface area contributed by atoms with Gasteiger partial charge in [0.2, 0.25) is 5.16 Å². The summed E-state index contributed by atoms with van der Waals surface area (Å²) in [7, 11) is 0. The Labute approximate surface area is 194 Å². The predicted octanol–water partition coefficient (Wildman–Crippen LogP) is 6.10. The summed E-state index contributed by atoms with van der Waals surface area (Å²) in [6.07, 6.45) is 3.40. The molecule has 7 heteroatoms. The Morgan fingerprint density at radius 1 is 0.968 bits per heavy atom. The van der Waals surface area contributed by atoms with Gasteiger partial charge in [-0.25, -0.2) is 0 Å². The quantitative estimate of drug-likeness (QED) is 0.220. The highest BCUT2D eigenvalue weighted by molar-refractivity contribution is 9.10. The minimum absolute atomic E-state index is 0.531. The number of benzene rings is 3. The number of hydrogen-bond donors (Lipinski definition) is 0. The molecule has 0 spiro atoms. The van der Waals surface area contributed by atoms with E-state index >= 15 is 0 Å². The van der Waals surface area contributed by atoms with E-state index in [1.165, 1.54) is 11.1 Å². The Kier molecular flexibility index (Phi) is 7.17. The van der Waals surface area contributed by atoms with Crippen LogP contribution in [0.1, 0.15) is 22.3 Å². The zero-order chi connectivity index (χ0) is 21.5. The number of thioether (sulfide) groups is 1. The predicted molar refractivity (Wildman–Crippen MR) is 129 cm³/mol. The molecule has 0 aliphatic carbocycles. The molecular weight excluding hydrogens is 472 g/mol. The molecule has 0 atom stereocenters. The van der Waals surface area contributed by atoms with Crippen LogP contribution in [0.3, 0.4) is 0 Å². The monoisotopic (exact) mass is 492 g/mol. The van der Waals surface area contributed by atoms with Gasteiger partial charge in [0.25, 0.3) is 0 Å². The van der Waals surface area contributed by atoms with Crippen molar-refractivity contribution in [3.8, 4) is 5.75 Å². The van der Waals surface area contributed by atoms with Crippen LogP contribution >= 0.6 is 27.7 Å². The van der Waals surface area contributed by atoms with E-state index in [4.69, 9.17) is 4.74 Å². The molecule has 0 radical (unpaired) electrons. The van der Waals surface area contributed by atoms with Crippen molar-refractivity contribution >= 4 is 33.9 Å². The van der Waals surface area contributed by atoms with Crippen molar-refractivity contribution in [2.45, 2.75) is 24.4 Å². The molecule has 1 aromatic heterocycles. The minimum Gasteiger partial charge on any atom is -0.489 e. The number of hydrogen-bond acceptors (Lipinski definition) is 5. The van der Waals surface area contributed by atoms with Crippen molar-refractivity contribution in [1.29, 1.82) is 0 Å². The van der Waals surface area contributed by atoms with Gasteiger partial charge in [0.05, 0.1) is 6.21 Å². The molecule has 0 aliphatic heterocycles. The third-order valence-corrected chi connectivity index (χ3v) is 6.05. The van der Waals surface area contributed by atoms with Crippen molar-refractivity contribution < 1.29 is 4.74 Å². The molecule has 0 aliphatic rings. The fourth-order valence-corrected chi connectivity index (χ4v) is 3.84. The third kappa shape index (κ3) is 6.29. The van der Waals surface area contributed by atoms with Crippen LogP contribution in [0.25, 0.3) is 0 Å². The number of ether oxygens (including phenoxy) is 1. The van der Waals surface area contributed by atoms with Gasteiger partial charge >= 0.3 is 0 Å². The minimum atomic E-state index is 0.531. The van der Waals surface area contributed by atoms with Crippen LogP contribution < -0.4 is 4.74 Å². The smallest absolute Gasteiger partial charge is 0.212 e. The Morgan fingerprint density at radius 2 is 1.68 bits per heavy atom. The molecule has 0 saturated heterocycles. The fraction of sp³-hybridized carbons (Fsp3) is 0.125. The lowest BCUT2D eigenvalue weighted by Gasteiger charge is -2.06. The Hall–Kier alpha value is -2.90.